The van der Waals surface area contributed by atoms with E-state index in [9.17, 15) is 4.79 Å². The summed E-state index contributed by atoms with van der Waals surface area (Å²) < 4.78 is 0. The molecule has 0 saturated carbocycles. The van der Waals surface area contributed by atoms with E-state index in [4.69, 9.17) is 5.73 Å². The normalized spacial score (nSPS) is 19.6. The minimum Gasteiger partial charge on any atom is -0.369 e. The molecule has 2 unspecified atom stereocenters. The lowest BCUT2D eigenvalue weighted by molar-refractivity contribution is -0.117. The smallest absolute Gasteiger partial charge is 0.230 e. The molecule has 0 radical (unpaired) electrons. The van der Waals surface area contributed by atoms with Gasteiger partial charge in [0.2, 0.25) is 5.91 Å². The lowest BCUT2D eigenvalue weighted by atomic mass is 9.72. The second-order valence-corrected chi connectivity index (χ2v) is 9.74. The van der Waals surface area contributed by atoms with E-state index in [1.807, 2.05) is 6.92 Å². The molecule has 2 atom stereocenters. The number of hydrogen-bond donors (Lipinski definition) is 1. The molecular weight excluding hydrogens is 326 g/mol. The van der Waals surface area contributed by atoms with Crippen LogP contribution in [-0.4, -0.2) is 21.1 Å². The number of amides is 1. The van der Waals surface area contributed by atoms with Crippen molar-refractivity contribution in [3.63, 3.8) is 0 Å². The van der Waals surface area contributed by atoms with Crippen LogP contribution < -0.4 is 5.73 Å². The van der Waals surface area contributed by atoms with Crippen LogP contribution in [0, 0.1) is 11.3 Å². The Morgan fingerprint density at radius 2 is 2.17 bits per heavy atom. The summed E-state index contributed by atoms with van der Waals surface area (Å²) in [5.74, 6) is 0.398. The van der Waals surface area contributed by atoms with Gasteiger partial charge >= 0.3 is 0 Å². The molecule has 0 aromatic carbocycles. The average molecular weight is 350 g/mol. The van der Waals surface area contributed by atoms with Gasteiger partial charge in [-0.25, -0.2) is 9.97 Å². The Labute approximate surface area is 145 Å². The molecule has 2 heterocycles. The first-order valence-electron chi connectivity index (χ1n) is 7.98. The van der Waals surface area contributed by atoms with Crippen LogP contribution in [0.2, 0.25) is 0 Å². The molecule has 0 aliphatic heterocycles. The summed E-state index contributed by atoms with van der Waals surface area (Å²) in [7, 11) is 0. The van der Waals surface area contributed by atoms with Crippen LogP contribution in [0.15, 0.2) is 11.4 Å². The molecular formula is C17H23N3OS2. The van der Waals surface area contributed by atoms with Crippen LogP contribution in [0.25, 0.3) is 10.2 Å². The van der Waals surface area contributed by atoms with E-state index in [0.717, 1.165) is 28.1 Å². The fraction of sp³-hybridized carbons (Fsp3) is 0.588. The SMILES string of the molecule is CC(Sc1ncnc2sc3c(c12)CCC(C(C)(C)C)C3)C(N)=O. The molecule has 0 fully saturated rings. The molecule has 0 saturated heterocycles. The van der Waals surface area contributed by atoms with Crippen molar-refractivity contribution >= 4 is 39.2 Å². The minimum atomic E-state index is -0.307. The summed E-state index contributed by atoms with van der Waals surface area (Å²) >= 11 is 3.23. The number of nitrogens with zero attached hydrogens (tertiary/aromatic N) is 2. The number of thioether (sulfide) groups is 1. The molecule has 2 aromatic heterocycles. The summed E-state index contributed by atoms with van der Waals surface area (Å²) in [5.41, 5.74) is 7.13. The highest BCUT2D eigenvalue weighted by Gasteiger charge is 2.32. The molecule has 0 bridgehead atoms. The van der Waals surface area contributed by atoms with Gasteiger partial charge in [0.15, 0.2) is 0 Å². The first kappa shape index (κ1) is 16.7. The number of fused-ring (bicyclic) bond motifs is 3. The third-order valence-electron chi connectivity index (χ3n) is 4.72. The van der Waals surface area contributed by atoms with E-state index in [0.29, 0.717) is 11.3 Å². The molecule has 1 aliphatic carbocycles. The fourth-order valence-corrected chi connectivity index (χ4v) is 5.36. The number of hydrogen-bond acceptors (Lipinski definition) is 5. The van der Waals surface area contributed by atoms with Crippen molar-refractivity contribution in [3.8, 4) is 0 Å². The number of rotatable bonds is 3. The molecule has 0 spiro atoms. The maximum Gasteiger partial charge on any atom is 0.230 e. The van der Waals surface area contributed by atoms with Crippen molar-refractivity contribution < 1.29 is 4.79 Å². The maximum absolute atomic E-state index is 11.4. The zero-order valence-electron chi connectivity index (χ0n) is 14.0. The molecule has 4 nitrogen and oxygen atoms in total. The lowest BCUT2D eigenvalue weighted by Gasteiger charge is -2.33. The third-order valence-corrected chi connectivity index (χ3v) is 7.01. The molecule has 23 heavy (non-hydrogen) atoms. The number of carbonyl (C=O) groups is 1. The van der Waals surface area contributed by atoms with E-state index in [1.54, 1.807) is 17.7 Å². The van der Waals surface area contributed by atoms with E-state index in [1.165, 1.54) is 28.6 Å². The summed E-state index contributed by atoms with van der Waals surface area (Å²) in [6.07, 6.45) is 4.99. The van der Waals surface area contributed by atoms with Gasteiger partial charge in [-0.2, -0.15) is 0 Å². The number of aromatic nitrogens is 2. The Balaban J connectivity index is 2.01. The summed E-state index contributed by atoms with van der Waals surface area (Å²) in [5, 5.41) is 1.76. The predicted molar refractivity (Wildman–Crippen MR) is 96.9 cm³/mol. The monoisotopic (exact) mass is 349 g/mol. The van der Waals surface area contributed by atoms with E-state index < -0.39 is 0 Å². The van der Waals surface area contributed by atoms with Gasteiger partial charge in [-0.15, -0.1) is 11.3 Å². The van der Waals surface area contributed by atoms with Crippen LogP contribution >= 0.6 is 23.1 Å². The third kappa shape index (κ3) is 3.24. The molecule has 124 valence electrons. The Kier molecular flexibility index (Phi) is 4.40. The van der Waals surface area contributed by atoms with E-state index in [-0.39, 0.29) is 11.2 Å². The quantitative estimate of drug-likeness (QED) is 0.676. The first-order chi connectivity index (χ1) is 10.8. The van der Waals surface area contributed by atoms with Gasteiger partial charge in [0.05, 0.1) is 5.25 Å². The fourth-order valence-electron chi connectivity index (χ4n) is 3.14. The van der Waals surface area contributed by atoms with Crippen molar-refractivity contribution in [2.45, 2.75) is 57.2 Å². The van der Waals surface area contributed by atoms with Crippen molar-refractivity contribution in [1.82, 2.24) is 9.97 Å². The summed E-state index contributed by atoms with van der Waals surface area (Å²) in [4.78, 5) is 22.8. The van der Waals surface area contributed by atoms with Crippen LogP contribution in [0.1, 0.15) is 44.6 Å². The van der Waals surface area contributed by atoms with Crippen LogP contribution in [0.3, 0.4) is 0 Å². The van der Waals surface area contributed by atoms with Crippen LogP contribution in [0.4, 0.5) is 0 Å². The van der Waals surface area contributed by atoms with Gasteiger partial charge in [0.25, 0.3) is 0 Å². The summed E-state index contributed by atoms with van der Waals surface area (Å²) in [6, 6.07) is 0. The second kappa shape index (κ2) is 6.06. The molecule has 2 N–H and O–H groups in total. The van der Waals surface area contributed by atoms with Crippen LogP contribution in [0.5, 0.6) is 0 Å². The number of nitrogens with two attached hydrogens (primary N) is 1. The van der Waals surface area contributed by atoms with Gasteiger partial charge in [-0.1, -0.05) is 32.5 Å². The van der Waals surface area contributed by atoms with Gasteiger partial charge in [-0.05, 0) is 43.1 Å². The first-order valence-corrected chi connectivity index (χ1v) is 9.68. The van der Waals surface area contributed by atoms with Gasteiger partial charge in [0, 0.05) is 10.3 Å². The van der Waals surface area contributed by atoms with E-state index in [2.05, 4.69) is 30.7 Å². The minimum absolute atomic E-state index is 0.283. The highest BCUT2D eigenvalue weighted by atomic mass is 32.2. The molecule has 1 aliphatic rings. The number of carbonyl (C=O) groups excluding carboxylic acids is 1. The zero-order chi connectivity index (χ0) is 16.8. The molecule has 3 rings (SSSR count). The number of thiophene rings is 1. The Hall–Kier alpha value is -1.14. The second-order valence-electron chi connectivity index (χ2n) is 7.33. The molecule has 6 heteroatoms. The Morgan fingerprint density at radius 3 is 2.83 bits per heavy atom. The number of primary amides is 1. The average Bonchev–Trinajstić information content (AvgIpc) is 2.84. The van der Waals surface area contributed by atoms with Gasteiger partial charge in [-0.3, -0.25) is 4.79 Å². The highest BCUT2D eigenvalue weighted by molar-refractivity contribution is 8.00. The largest absolute Gasteiger partial charge is 0.369 e. The molecule has 2 aromatic rings. The van der Waals surface area contributed by atoms with E-state index >= 15 is 0 Å². The van der Waals surface area contributed by atoms with Crippen LogP contribution in [-0.2, 0) is 17.6 Å². The predicted octanol–water partition coefficient (Wildman–Crippen LogP) is 3.81. The van der Waals surface area contributed by atoms with Gasteiger partial charge < -0.3 is 5.73 Å². The molecule has 1 amide bonds. The van der Waals surface area contributed by atoms with Crippen molar-refractivity contribution in [2.75, 3.05) is 0 Å². The van der Waals surface area contributed by atoms with Crippen molar-refractivity contribution in [1.29, 1.82) is 0 Å². The van der Waals surface area contributed by atoms with Crippen molar-refractivity contribution in [3.05, 3.63) is 16.8 Å². The Morgan fingerprint density at radius 1 is 1.43 bits per heavy atom. The lowest BCUT2D eigenvalue weighted by Crippen LogP contribution is -2.26. The van der Waals surface area contributed by atoms with Gasteiger partial charge in [0.1, 0.15) is 16.2 Å². The van der Waals surface area contributed by atoms with Crippen molar-refractivity contribution in [2.24, 2.45) is 17.1 Å². The zero-order valence-corrected chi connectivity index (χ0v) is 15.7. The maximum atomic E-state index is 11.4. The highest BCUT2D eigenvalue weighted by Crippen LogP contribution is 2.44. The number of aryl methyl sites for hydroxylation is 1. The topological polar surface area (TPSA) is 68.9 Å². The standard InChI is InChI=1S/C17H23N3OS2/c1-9(14(18)21)22-15-13-11-6-5-10(17(2,3)4)7-12(11)23-16(13)20-8-19-15/h8-10H,5-7H2,1-4H3,(H2,18,21). The Bertz CT molecular complexity index is 748. The summed E-state index contributed by atoms with van der Waals surface area (Å²) in [6.45, 7) is 8.80.